The monoisotopic (exact) mass is 236 g/mol. The van der Waals surface area contributed by atoms with Crippen LogP contribution in [0.4, 0.5) is 13.2 Å². The lowest BCUT2D eigenvalue weighted by Crippen LogP contribution is -2.47. The van der Waals surface area contributed by atoms with Crippen molar-refractivity contribution in [3.05, 3.63) is 0 Å². The second kappa shape index (κ2) is 4.92. The second-order valence-corrected chi connectivity index (χ2v) is 4.97. The van der Waals surface area contributed by atoms with Gasteiger partial charge in [0.25, 0.3) is 0 Å². The van der Waals surface area contributed by atoms with Crippen LogP contribution in [0.15, 0.2) is 0 Å². The van der Waals surface area contributed by atoms with E-state index in [0.29, 0.717) is 12.5 Å². The van der Waals surface area contributed by atoms with Crippen LogP contribution in [0.25, 0.3) is 0 Å². The molecule has 0 aromatic rings. The molecule has 1 saturated carbocycles. The highest BCUT2D eigenvalue weighted by Crippen LogP contribution is 2.32. The summed E-state index contributed by atoms with van der Waals surface area (Å²) in [6.45, 7) is 1.62. The number of piperidine rings is 1. The van der Waals surface area contributed by atoms with Crippen LogP contribution in [0.1, 0.15) is 25.7 Å². The van der Waals surface area contributed by atoms with E-state index in [9.17, 15) is 13.2 Å². The van der Waals surface area contributed by atoms with Gasteiger partial charge in [0.1, 0.15) is 0 Å². The van der Waals surface area contributed by atoms with Crippen molar-refractivity contribution in [3.63, 3.8) is 0 Å². The summed E-state index contributed by atoms with van der Waals surface area (Å²) in [4.78, 5) is 1.67. The van der Waals surface area contributed by atoms with Crippen LogP contribution in [0.3, 0.4) is 0 Å². The van der Waals surface area contributed by atoms with E-state index in [4.69, 9.17) is 0 Å². The summed E-state index contributed by atoms with van der Waals surface area (Å²) >= 11 is 0. The Hall–Kier alpha value is -0.290. The predicted octanol–water partition coefficient (Wildman–Crippen LogP) is 2.01. The molecular formula is C11H19F3N2. The molecule has 2 fully saturated rings. The van der Waals surface area contributed by atoms with Gasteiger partial charge in [-0.3, -0.25) is 4.90 Å². The molecule has 0 spiro atoms. The van der Waals surface area contributed by atoms with Crippen molar-refractivity contribution in [1.82, 2.24) is 10.2 Å². The first kappa shape index (κ1) is 12.2. The molecular weight excluding hydrogens is 217 g/mol. The Morgan fingerprint density at radius 1 is 1.06 bits per heavy atom. The molecule has 1 N–H and O–H groups in total. The predicted molar refractivity (Wildman–Crippen MR) is 56.2 cm³/mol. The lowest BCUT2D eigenvalue weighted by atomic mass is 10.0. The fraction of sp³-hybridized carbons (Fsp3) is 1.00. The number of nitrogens with zero attached hydrogens (tertiary/aromatic N) is 1. The van der Waals surface area contributed by atoms with Gasteiger partial charge in [0.05, 0.1) is 6.54 Å². The van der Waals surface area contributed by atoms with Gasteiger partial charge in [0.2, 0.25) is 0 Å². The molecule has 5 heteroatoms. The van der Waals surface area contributed by atoms with E-state index in [2.05, 4.69) is 5.32 Å². The van der Waals surface area contributed by atoms with Crippen LogP contribution in [0, 0.1) is 5.92 Å². The van der Waals surface area contributed by atoms with E-state index < -0.39 is 12.7 Å². The SMILES string of the molecule is FC(F)(F)CN(CC1CC1)C1CCNCC1. The fourth-order valence-electron chi connectivity index (χ4n) is 2.38. The van der Waals surface area contributed by atoms with Crippen LogP contribution < -0.4 is 5.32 Å². The Bertz CT molecular complexity index is 220. The fourth-order valence-corrected chi connectivity index (χ4v) is 2.38. The van der Waals surface area contributed by atoms with E-state index in [0.717, 1.165) is 38.8 Å². The second-order valence-electron chi connectivity index (χ2n) is 4.97. The van der Waals surface area contributed by atoms with Crippen molar-refractivity contribution >= 4 is 0 Å². The van der Waals surface area contributed by atoms with Gasteiger partial charge >= 0.3 is 6.18 Å². The average molecular weight is 236 g/mol. The number of nitrogens with one attached hydrogen (secondary N) is 1. The summed E-state index contributed by atoms with van der Waals surface area (Å²) in [5, 5.41) is 3.19. The topological polar surface area (TPSA) is 15.3 Å². The van der Waals surface area contributed by atoms with E-state index in [1.165, 1.54) is 0 Å². The molecule has 0 radical (unpaired) electrons. The highest BCUT2D eigenvalue weighted by Gasteiger charge is 2.36. The molecule has 0 bridgehead atoms. The van der Waals surface area contributed by atoms with Crippen molar-refractivity contribution in [2.75, 3.05) is 26.2 Å². The van der Waals surface area contributed by atoms with Crippen LogP contribution in [0.5, 0.6) is 0 Å². The summed E-state index contributed by atoms with van der Waals surface area (Å²) in [6, 6.07) is 0.128. The maximum atomic E-state index is 12.5. The van der Waals surface area contributed by atoms with Gasteiger partial charge in [-0.2, -0.15) is 13.2 Å². The number of rotatable bonds is 4. The normalized spacial score (nSPS) is 24.0. The summed E-state index contributed by atoms with van der Waals surface area (Å²) in [6.07, 6.45) is -0.135. The maximum absolute atomic E-state index is 12.5. The maximum Gasteiger partial charge on any atom is 0.401 e. The minimum absolute atomic E-state index is 0.128. The first-order chi connectivity index (χ1) is 7.54. The van der Waals surface area contributed by atoms with Crippen LogP contribution in [-0.2, 0) is 0 Å². The molecule has 0 unspecified atom stereocenters. The number of hydrogen-bond donors (Lipinski definition) is 1. The van der Waals surface area contributed by atoms with E-state index >= 15 is 0 Å². The van der Waals surface area contributed by atoms with Crippen molar-refractivity contribution in [1.29, 1.82) is 0 Å². The molecule has 1 saturated heterocycles. The Morgan fingerprint density at radius 3 is 2.19 bits per heavy atom. The van der Waals surface area contributed by atoms with Crippen LogP contribution in [0.2, 0.25) is 0 Å². The Morgan fingerprint density at radius 2 is 1.69 bits per heavy atom. The first-order valence-corrected chi connectivity index (χ1v) is 6.06. The largest absolute Gasteiger partial charge is 0.401 e. The summed E-state index contributed by atoms with van der Waals surface area (Å²) < 4.78 is 37.4. The number of hydrogen-bond acceptors (Lipinski definition) is 2. The third-order valence-electron chi connectivity index (χ3n) is 3.40. The lowest BCUT2D eigenvalue weighted by Gasteiger charge is -2.35. The van der Waals surface area contributed by atoms with Crippen molar-refractivity contribution in [3.8, 4) is 0 Å². The van der Waals surface area contributed by atoms with Crippen molar-refractivity contribution in [2.45, 2.75) is 37.9 Å². The minimum Gasteiger partial charge on any atom is -0.317 e. The molecule has 0 aromatic heterocycles. The van der Waals surface area contributed by atoms with Gasteiger partial charge in [-0.15, -0.1) is 0 Å². The van der Waals surface area contributed by atoms with Crippen LogP contribution >= 0.6 is 0 Å². The molecule has 0 aromatic carbocycles. The third kappa shape index (κ3) is 3.94. The minimum atomic E-state index is -4.06. The van der Waals surface area contributed by atoms with Crippen molar-refractivity contribution < 1.29 is 13.2 Å². The standard InChI is InChI=1S/C11H19F3N2/c12-11(13,14)8-16(7-9-1-2-9)10-3-5-15-6-4-10/h9-10,15H,1-8H2. The number of halogens is 3. The summed E-state index contributed by atoms with van der Waals surface area (Å²) in [5.74, 6) is 0.525. The Labute approximate surface area is 94.2 Å². The van der Waals surface area contributed by atoms with E-state index in [1.807, 2.05) is 0 Å². The molecule has 16 heavy (non-hydrogen) atoms. The molecule has 94 valence electrons. The summed E-state index contributed by atoms with van der Waals surface area (Å²) in [5.41, 5.74) is 0. The molecule has 0 atom stereocenters. The molecule has 2 rings (SSSR count). The lowest BCUT2D eigenvalue weighted by molar-refractivity contribution is -0.152. The highest BCUT2D eigenvalue weighted by molar-refractivity contribution is 4.84. The molecule has 1 aliphatic heterocycles. The Balaban J connectivity index is 1.89. The van der Waals surface area contributed by atoms with Gasteiger partial charge in [-0.05, 0) is 44.7 Å². The smallest absolute Gasteiger partial charge is 0.317 e. The van der Waals surface area contributed by atoms with E-state index in [1.54, 1.807) is 4.90 Å². The first-order valence-electron chi connectivity index (χ1n) is 6.06. The molecule has 1 heterocycles. The molecule has 2 aliphatic rings. The molecule has 1 aliphatic carbocycles. The van der Waals surface area contributed by atoms with Gasteiger partial charge < -0.3 is 5.32 Å². The quantitative estimate of drug-likeness (QED) is 0.803. The van der Waals surface area contributed by atoms with Gasteiger partial charge in [0, 0.05) is 12.6 Å². The van der Waals surface area contributed by atoms with Gasteiger partial charge in [-0.1, -0.05) is 0 Å². The summed E-state index contributed by atoms with van der Waals surface area (Å²) in [7, 11) is 0. The van der Waals surface area contributed by atoms with E-state index in [-0.39, 0.29) is 6.04 Å². The number of alkyl halides is 3. The Kier molecular flexibility index (Phi) is 3.74. The third-order valence-corrected chi connectivity index (χ3v) is 3.40. The zero-order chi connectivity index (χ0) is 11.6. The van der Waals surface area contributed by atoms with Crippen LogP contribution in [-0.4, -0.2) is 43.3 Å². The zero-order valence-electron chi connectivity index (χ0n) is 9.39. The zero-order valence-corrected chi connectivity index (χ0v) is 9.39. The van der Waals surface area contributed by atoms with Gasteiger partial charge in [0.15, 0.2) is 0 Å². The molecule has 0 amide bonds. The van der Waals surface area contributed by atoms with Crippen molar-refractivity contribution in [2.24, 2.45) is 5.92 Å². The van der Waals surface area contributed by atoms with Gasteiger partial charge in [-0.25, -0.2) is 0 Å². The highest BCUT2D eigenvalue weighted by atomic mass is 19.4. The molecule has 2 nitrogen and oxygen atoms in total. The average Bonchev–Trinajstić information content (AvgIpc) is 3.00.